The third-order valence-electron chi connectivity index (χ3n) is 2.39. The standard InChI is InChI=1S/C12H22N2OS/c1-4-6-10-11(5-2)16-12(14-10)9-13-7-8-15-3/h13H,4-9H2,1-3H3. The van der Waals surface area contributed by atoms with Crippen molar-refractivity contribution in [1.82, 2.24) is 10.3 Å². The summed E-state index contributed by atoms with van der Waals surface area (Å²) in [5, 5.41) is 4.54. The van der Waals surface area contributed by atoms with Gasteiger partial charge in [0.1, 0.15) is 5.01 Å². The lowest BCUT2D eigenvalue weighted by Crippen LogP contribution is -2.18. The molecule has 1 aromatic rings. The number of hydrogen-bond donors (Lipinski definition) is 1. The molecule has 0 saturated carbocycles. The Morgan fingerprint density at radius 1 is 1.38 bits per heavy atom. The Morgan fingerprint density at radius 2 is 2.19 bits per heavy atom. The molecule has 0 aliphatic heterocycles. The normalized spacial score (nSPS) is 10.9. The predicted octanol–water partition coefficient (Wildman–Crippen LogP) is 2.39. The van der Waals surface area contributed by atoms with Crippen LogP contribution in [0.1, 0.15) is 35.8 Å². The molecule has 0 saturated heterocycles. The van der Waals surface area contributed by atoms with Crippen LogP contribution in [0, 0.1) is 0 Å². The fourth-order valence-corrected chi connectivity index (χ4v) is 2.61. The van der Waals surface area contributed by atoms with E-state index in [4.69, 9.17) is 4.74 Å². The van der Waals surface area contributed by atoms with Gasteiger partial charge >= 0.3 is 0 Å². The van der Waals surface area contributed by atoms with Gasteiger partial charge in [-0.2, -0.15) is 0 Å². The summed E-state index contributed by atoms with van der Waals surface area (Å²) in [5.41, 5.74) is 1.30. The lowest BCUT2D eigenvalue weighted by Gasteiger charge is -2.00. The van der Waals surface area contributed by atoms with Crippen molar-refractivity contribution >= 4 is 11.3 Å². The van der Waals surface area contributed by atoms with Crippen LogP contribution < -0.4 is 5.32 Å². The van der Waals surface area contributed by atoms with E-state index in [0.717, 1.165) is 32.5 Å². The average molecular weight is 242 g/mol. The zero-order valence-electron chi connectivity index (χ0n) is 10.5. The Kier molecular flexibility index (Phi) is 6.61. The fourth-order valence-electron chi connectivity index (χ4n) is 1.59. The van der Waals surface area contributed by atoms with E-state index in [1.54, 1.807) is 7.11 Å². The van der Waals surface area contributed by atoms with Gasteiger partial charge in [0, 0.05) is 25.1 Å². The van der Waals surface area contributed by atoms with Crippen molar-refractivity contribution in [3.05, 3.63) is 15.6 Å². The van der Waals surface area contributed by atoms with Gasteiger partial charge < -0.3 is 10.1 Å². The van der Waals surface area contributed by atoms with Gasteiger partial charge in [-0.3, -0.25) is 0 Å². The first-order chi connectivity index (χ1) is 7.81. The van der Waals surface area contributed by atoms with Gasteiger partial charge in [0.2, 0.25) is 0 Å². The third kappa shape index (κ3) is 4.20. The molecule has 92 valence electrons. The molecule has 0 aliphatic carbocycles. The van der Waals surface area contributed by atoms with Crippen molar-refractivity contribution in [2.45, 2.75) is 39.7 Å². The Morgan fingerprint density at radius 3 is 2.81 bits per heavy atom. The van der Waals surface area contributed by atoms with Crippen LogP contribution >= 0.6 is 11.3 Å². The summed E-state index contributed by atoms with van der Waals surface area (Å²) >= 11 is 1.84. The molecule has 0 aliphatic rings. The van der Waals surface area contributed by atoms with Crippen molar-refractivity contribution in [1.29, 1.82) is 0 Å². The summed E-state index contributed by atoms with van der Waals surface area (Å²) in [6.45, 7) is 6.92. The van der Waals surface area contributed by atoms with E-state index in [1.807, 2.05) is 11.3 Å². The SMILES string of the molecule is CCCc1nc(CNCCOC)sc1CC. The zero-order valence-corrected chi connectivity index (χ0v) is 11.3. The summed E-state index contributed by atoms with van der Waals surface area (Å²) in [4.78, 5) is 6.13. The number of thiazole rings is 1. The quantitative estimate of drug-likeness (QED) is 0.711. The third-order valence-corrected chi connectivity index (χ3v) is 3.63. The van der Waals surface area contributed by atoms with Crippen LogP contribution in [0.25, 0.3) is 0 Å². The highest BCUT2D eigenvalue weighted by Gasteiger charge is 2.08. The lowest BCUT2D eigenvalue weighted by molar-refractivity contribution is 0.199. The molecular formula is C12H22N2OS. The molecular weight excluding hydrogens is 220 g/mol. The molecule has 1 aromatic heterocycles. The molecule has 3 nitrogen and oxygen atoms in total. The molecule has 16 heavy (non-hydrogen) atoms. The van der Waals surface area contributed by atoms with E-state index >= 15 is 0 Å². The van der Waals surface area contributed by atoms with Crippen LogP contribution in [0.3, 0.4) is 0 Å². The average Bonchev–Trinajstić information content (AvgIpc) is 2.68. The zero-order chi connectivity index (χ0) is 11.8. The molecule has 1 rings (SSSR count). The van der Waals surface area contributed by atoms with Gasteiger partial charge in [-0.05, 0) is 12.8 Å². The molecule has 0 aromatic carbocycles. The van der Waals surface area contributed by atoms with E-state index in [2.05, 4.69) is 24.1 Å². The highest BCUT2D eigenvalue weighted by molar-refractivity contribution is 7.11. The number of aromatic nitrogens is 1. The molecule has 0 amide bonds. The van der Waals surface area contributed by atoms with Crippen molar-refractivity contribution in [3.63, 3.8) is 0 Å². The summed E-state index contributed by atoms with van der Waals surface area (Å²) in [7, 11) is 1.72. The van der Waals surface area contributed by atoms with Crippen molar-refractivity contribution < 1.29 is 4.74 Å². The van der Waals surface area contributed by atoms with Crippen LogP contribution in [-0.4, -0.2) is 25.2 Å². The van der Waals surface area contributed by atoms with Crippen molar-refractivity contribution in [2.24, 2.45) is 0 Å². The summed E-state index contributed by atoms with van der Waals surface area (Å²) in [5.74, 6) is 0. The van der Waals surface area contributed by atoms with Crippen molar-refractivity contribution in [3.8, 4) is 0 Å². The molecule has 0 fully saturated rings. The van der Waals surface area contributed by atoms with E-state index in [0.29, 0.717) is 0 Å². The number of methoxy groups -OCH3 is 1. The minimum absolute atomic E-state index is 0.758. The first kappa shape index (κ1) is 13.6. The molecule has 1 N–H and O–H groups in total. The number of ether oxygens (including phenoxy) is 1. The second kappa shape index (κ2) is 7.76. The van der Waals surface area contributed by atoms with E-state index < -0.39 is 0 Å². The highest BCUT2D eigenvalue weighted by atomic mass is 32.1. The van der Waals surface area contributed by atoms with E-state index in [9.17, 15) is 0 Å². The van der Waals surface area contributed by atoms with E-state index in [1.165, 1.54) is 22.0 Å². The molecule has 4 heteroatoms. The Bertz CT molecular complexity index is 299. The monoisotopic (exact) mass is 242 g/mol. The number of aryl methyl sites for hydroxylation is 2. The fraction of sp³-hybridized carbons (Fsp3) is 0.750. The Labute approximate surface area is 102 Å². The Balaban J connectivity index is 2.46. The van der Waals surface area contributed by atoms with Gasteiger partial charge in [-0.15, -0.1) is 11.3 Å². The van der Waals surface area contributed by atoms with Crippen LogP contribution in [0.5, 0.6) is 0 Å². The first-order valence-electron chi connectivity index (χ1n) is 5.98. The number of nitrogens with one attached hydrogen (secondary N) is 1. The summed E-state index contributed by atoms with van der Waals surface area (Å²) in [6.07, 6.45) is 3.39. The van der Waals surface area contributed by atoms with Gasteiger partial charge in [0.15, 0.2) is 0 Å². The first-order valence-corrected chi connectivity index (χ1v) is 6.80. The molecule has 0 bridgehead atoms. The van der Waals surface area contributed by atoms with Gasteiger partial charge in [-0.1, -0.05) is 20.3 Å². The smallest absolute Gasteiger partial charge is 0.107 e. The van der Waals surface area contributed by atoms with Crippen LogP contribution in [0.2, 0.25) is 0 Å². The van der Waals surface area contributed by atoms with Crippen LogP contribution in [0.4, 0.5) is 0 Å². The minimum Gasteiger partial charge on any atom is -0.383 e. The molecule has 0 spiro atoms. The number of rotatable bonds is 8. The maximum Gasteiger partial charge on any atom is 0.107 e. The largest absolute Gasteiger partial charge is 0.383 e. The topological polar surface area (TPSA) is 34.2 Å². The molecule has 0 atom stereocenters. The predicted molar refractivity (Wildman–Crippen MR) is 69.1 cm³/mol. The summed E-state index contributed by atoms with van der Waals surface area (Å²) in [6, 6.07) is 0. The Hall–Kier alpha value is -0.450. The number of hydrogen-bond acceptors (Lipinski definition) is 4. The number of nitrogens with zero attached hydrogens (tertiary/aromatic N) is 1. The van der Waals surface area contributed by atoms with Gasteiger partial charge in [-0.25, -0.2) is 4.98 Å². The maximum atomic E-state index is 4.99. The minimum atomic E-state index is 0.758. The molecule has 1 heterocycles. The molecule has 0 radical (unpaired) electrons. The van der Waals surface area contributed by atoms with Gasteiger partial charge in [0.05, 0.1) is 12.3 Å². The lowest BCUT2D eigenvalue weighted by atomic mass is 10.2. The highest BCUT2D eigenvalue weighted by Crippen LogP contribution is 2.20. The van der Waals surface area contributed by atoms with Crippen molar-refractivity contribution in [2.75, 3.05) is 20.3 Å². The summed E-state index contributed by atoms with van der Waals surface area (Å²) < 4.78 is 4.99. The van der Waals surface area contributed by atoms with Crippen LogP contribution in [-0.2, 0) is 24.1 Å². The van der Waals surface area contributed by atoms with Crippen LogP contribution in [0.15, 0.2) is 0 Å². The maximum absolute atomic E-state index is 4.99. The molecule has 0 unspecified atom stereocenters. The van der Waals surface area contributed by atoms with Gasteiger partial charge in [0.25, 0.3) is 0 Å². The second-order valence-electron chi connectivity index (χ2n) is 3.75. The van der Waals surface area contributed by atoms with E-state index in [-0.39, 0.29) is 0 Å². The second-order valence-corrected chi connectivity index (χ2v) is 4.92.